The number of nitrogens with one attached hydrogen (secondary N) is 2. The summed E-state index contributed by atoms with van der Waals surface area (Å²) in [5, 5.41) is 5.77. The van der Waals surface area contributed by atoms with Crippen LogP contribution in [0.15, 0.2) is 30.0 Å². The van der Waals surface area contributed by atoms with E-state index in [4.69, 9.17) is 11.6 Å². The van der Waals surface area contributed by atoms with Gasteiger partial charge in [-0.2, -0.15) is 0 Å². The number of cyclic esters (lactones) is 1. The van der Waals surface area contributed by atoms with Crippen molar-refractivity contribution in [2.75, 3.05) is 11.9 Å². The van der Waals surface area contributed by atoms with Gasteiger partial charge >= 0.3 is 12.0 Å². The van der Waals surface area contributed by atoms with Crippen LogP contribution < -0.4 is 10.6 Å². The van der Waals surface area contributed by atoms with Crippen molar-refractivity contribution < 1.29 is 14.3 Å². The average Bonchev–Trinajstić information content (AvgIpc) is 2.74. The molecule has 100 valence electrons. The fraction of sp³-hybridized carbons (Fsp3) is 0.231. The molecule has 1 aromatic rings. The number of ether oxygens (including phenoxy) is 1. The van der Waals surface area contributed by atoms with E-state index < -0.39 is 12.0 Å². The molecule has 0 radical (unpaired) electrons. The van der Waals surface area contributed by atoms with Gasteiger partial charge in [0, 0.05) is 16.8 Å². The standard InChI is InChI=1S/C13H13ClN2O3/c1-2-8-3-4-9(5-11(8)14)15-13(18)16-10-6-12(17)19-7-10/h3-6H,2,7H2,1H3,(H2,15,16,18). The van der Waals surface area contributed by atoms with Crippen LogP contribution >= 0.6 is 11.6 Å². The SMILES string of the molecule is CCc1ccc(NC(=O)NC2=CC(=O)OC2)cc1Cl. The number of amides is 2. The highest BCUT2D eigenvalue weighted by molar-refractivity contribution is 6.31. The smallest absolute Gasteiger partial charge is 0.333 e. The Kier molecular flexibility index (Phi) is 4.06. The van der Waals surface area contributed by atoms with Gasteiger partial charge in [0.15, 0.2) is 0 Å². The van der Waals surface area contributed by atoms with Crippen molar-refractivity contribution in [1.29, 1.82) is 0 Å². The van der Waals surface area contributed by atoms with Gasteiger partial charge in [0.25, 0.3) is 0 Å². The largest absolute Gasteiger partial charge is 0.456 e. The van der Waals surface area contributed by atoms with Crippen molar-refractivity contribution >= 4 is 29.3 Å². The molecule has 2 N–H and O–H groups in total. The second-order valence-corrected chi connectivity index (χ2v) is 4.42. The maximum Gasteiger partial charge on any atom is 0.333 e. The van der Waals surface area contributed by atoms with Gasteiger partial charge in [-0.1, -0.05) is 24.6 Å². The molecule has 0 saturated heterocycles. The van der Waals surface area contributed by atoms with Crippen LogP contribution in [-0.2, 0) is 16.0 Å². The highest BCUT2D eigenvalue weighted by atomic mass is 35.5. The minimum absolute atomic E-state index is 0.0851. The van der Waals surface area contributed by atoms with Gasteiger partial charge in [0.1, 0.15) is 6.61 Å². The molecule has 1 aromatic carbocycles. The van der Waals surface area contributed by atoms with Crippen LogP contribution in [0.5, 0.6) is 0 Å². The summed E-state index contributed by atoms with van der Waals surface area (Å²) in [6, 6.07) is 4.88. The lowest BCUT2D eigenvalue weighted by Gasteiger charge is -2.09. The summed E-state index contributed by atoms with van der Waals surface area (Å²) >= 11 is 6.05. The number of esters is 1. The van der Waals surface area contributed by atoms with E-state index in [1.165, 1.54) is 6.08 Å². The molecule has 0 unspecified atom stereocenters. The Labute approximate surface area is 115 Å². The molecule has 0 aromatic heterocycles. The number of hydrogen-bond acceptors (Lipinski definition) is 3. The first-order valence-corrected chi connectivity index (χ1v) is 6.20. The molecule has 0 spiro atoms. The van der Waals surface area contributed by atoms with Crippen LogP contribution in [0.3, 0.4) is 0 Å². The summed E-state index contributed by atoms with van der Waals surface area (Å²) in [5.41, 5.74) is 2.04. The van der Waals surface area contributed by atoms with Gasteiger partial charge in [-0.25, -0.2) is 9.59 Å². The number of halogens is 1. The van der Waals surface area contributed by atoms with Gasteiger partial charge in [-0.05, 0) is 24.1 Å². The second kappa shape index (κ2) is 5.75. The molecule has 1 aliphatic rings. The summed E-state index contributed by atoms with van der Waals surface area (Å²) < 4.78 is 4.67. The second-order valence-electron chi connectivity index (χ2n) is 4.02. The summed E-state index contributed by atoms with van der Waals surface area (Å²) in [6.07, 6.45) is 2.07. The van der Waals surface area contributed by atoms with Crippen LogP contribution in [0, 0.1) is 0 Å². The maximum absolute atomic E-state index is 11.7. The third-order valence-corrected chi connectivity index (χ3v) is 2.98. The molecular formula is C13H13ClN2O3. The van der Waals surface area contributed by atoms with Crippen molar-refractivity contribution in [3.63, 3.8) is 0 Å². The zero-order valence-corrected chi connectivity index (χ0v) is 11.1. The zero-order chi connectivity index (χ0) is 13.8. The number of hydrogen-bond donors (Lipinski definition) is 2. The molecule has 0 atom stereocenters. The van der Waals surface area contributed by atoms with E-state index >= 15 is 0 Å². The molecular weight excluding hydrogens is 268 g/mol. The number of anilines is 1. The minimum atomic E-state index is -0.453. The van der Waals surface area contributed by atoms with E-state index in [0.29, 0.717) is 16.4 Å². The van der Waals surface area contributed by atoms with E-state index in [1.54, 1.807) is 12.1 Å². The Morgan fingerprint density at radius 1 is 1.42 bits per heavy atom. The summed E-state index contributed by atoms with van der Waals surface area (Å²) in [6.45, 7) is 2.09. The number of aryl methyl sites for hydroxylation is 1. The van der Waals surface area contributed by atoms with Crippen molar-refractivity contribution in [2.45, 2.75) is 13.3 Å². The molecule has 2 rings (SSSR count). The molecule has 0 fully saturated rings. The van der Waals surface area contributed by atoms with Crippen LogP contribution in [0.2, 0.25) is 5.02 Å². The summed E-state index contributed by atoms with van der Waals surface area (Å²) in [4.78, 5) is 22.5. The Bertz CT molecular complexity index is 555. The number of carbonyl (C=O) groups excluding carboxylic acids is 2. The number of benzene rings is 1. The summed E-state index contributed by atoms with van der Waals surface area (Å²) in [5.74, 6) is -0.453. The van der Waals surface area contributed by atoms with Gasteiger partial charge in [0.2, 0.25) is 0 Å². The van der Waals surface area contributed by atoms with Crippen LogP contribution in [-0.4, -0.2) is 18.6 Å². The van der Waals surface area contributed by atoms with Gasteiger partial charge in [0.05, 0.1) is 5.70 Å². The monoisotopic (exact) mass is 280 g/mol. The van der Waals surface area contributed by atoms with Crippen molar-refractivity contribution in [3.05, 3.63) is 40.6 Å². The molecule has 5 nitrogen and oxygen atoms in total. The number of rotatable bonds is 3. The first kappa shape index (κ1) is 13.4. The Morgan fingerprint density at radius 3 is 2.79 bits per heavy atom. The molecule has 0 saturated carbocycles. The molecule has 6 heteroatoms. The predicted molar refractivity (Wildman–Crippen MR) is 72.0 cm³/mol. The van der Waals surface area contributed by atoms with Gasteiger partial charge in [-0.15, -0.1) is 0 Å². The lowest BCUT2D eigenvalue weighted by atomic mass is 10.1. The van der Waals surface area contributed by atoms with E-state index in [-0.39, 0.29) is 6.61 Å². The van der Waals surface area contributed by atoms with Crippen LogP contribution in [0.1, 0.15) is 12.5 Å². The third kappa shape index (κ3) is 3.48. The van der Waals surface area contributed by atoms with E-state index in [9.17, 15) is 9.59 Å². The topological polar surface area (TPSA) is 67.4 Å². The third-order valence-electron chi connectivity index (χ3n) is 2.63. The quantitative estimate of drug-likeness (QED) is 0.836. The van der Waals surface area contributed by atoms with E-state index in [1.807, 2.05) is 13.0 Å². The lowest BCUT2D eigenvalue weighted by Crippen LogP contribution is -2.28. The van der Waals surface area contributed by atoms with E-state index in [0.717, 1.165) is 12.0 Å². The molecule has 0 aliphatic carbocycles. The zero-order valence-electron chi connectivity index (χ0n) is 10.3. The lowest BCUT2D eigenvalue weighted by molar-refractivity contribution is -0.134. The summed E-state index contributed by atoms with van der Waals surface area (Å²) in [7, 11) is 0. The Hall–Kier alpha value is -2.01. The number of carbonyl (C=O) groups is 2. The fourth-order valence-electron chi connectivity index (χ4n) is 1.67. The first-order valence-electron chi connectivity index (χ1n) is 5.82. The van der Waals surface area contributed by atoms with E-state index in [2.05, 4.69) is 15.4 Å². The fourth-order valence-corrected chi connectivity index (χ4v) is 1.98. The van der Waals surface area contributed by atoms with Gasteiger partial charge in [-0.3, -0.25) is 0 Å². The minimum Gasteiger partial charge on any atom is -0.456 e. The Morgan fingerprint density at radius 2 is 2.21 bits per heavy atom. The molecule has 2 amide bonds. The Balaban J connectivity index is 1.97. The number of urea groups is 1. The average molecular weight is 281 g/mol. The molecule has 1 heterocycles. The van der Waals surface area contributed by atoms with Crippen LogP contribution in [0.25, 0.3) is 0 Å². The van der Waals surface area contributed by atoms with Crippen LogP contribution in [0.4, 0.5) is 10.5 Å². The molecule has 1 aliphatic heterocycles. The highest BCUT2D eigenvalue weighted by Crippen LogP contribution is 2.21. The predicted octanol–water partition coefficient (Wildman–Crippen LogP) is 2.46. The molecule has 0 bridgehead atoms. The molecule has 19 heavy (non-hydrogen) atoms. The first-order chi connectivity index (χ1) is 9.08. The highest BCUT2D eigenvalue weighted by Gasteiger charge is 2.15. The van der Waals surface area contributed by atoms with Gasteiger partial charge < -0.3 is 15.4 Å². The van der Waals surface area contributed by atoms with Crippen molar-refractivity contribution in [3.8, 4) is 0 Å². The van der Waals surface area contributed by atoms with Crippen molar-refractivity contribution in [2.24, 2.45) is 0 Å². The van der Waals surface area contributed by atoms with Crippen molar-refractivity contribution in [1.82, 2.24) is 5.32 Å². The normalized spacial score (nSPS) is 13.8. The maximum atomic E-state index is 11.7.